The molecule has 0 aliphatic heterocycles. The second-order valence-electron chi connectivity index (χ2n) is 5.46. The Morgan fingerprint density at radius 1 is 1.11 bits per heavy atom. The van der Waals surface area contributed by atoms with Crippen molar-refractivity contribution in [3.63, 3.8) is 0 Å². The van der Waals surface area contributed by atoms with E-state index in [1.54, 1.807) is 19.1 Å². The molecule has 0 radical (unpaired) electrons. The first-order chi connectivity index (χ1) is 13.1. The molecular formula is C19H16N2O6. The summed E-state index contributed by atoms with van der Waals surface area (Å²) in [5.74, 6) is -0.528. The van der Waals surface area contributed by atoms with Gasteiger partial charge in [0.2, 0.25) is 0 Å². The van der Waals surface area contributed by atoms with Gasteiger partial charge in [0.05, 0.1) is 12.2 Å². The van der Waals surface area contributed by atoms with E-state index in [0.717, 1.165) is 0 Å². The van der Waals surface area contributed by atoms with Crippen molar-refractivity contribution >= 4 is 28.7 Å². The lowest BCUT2D eigenvalue weighted by atomic mass is 10.1. The number of anilines is 1. The third kappa shape index (κ3) is 4.49. The number of rotatable bonds is 5. The quantitative estimate of drug-likeness (QED) is 0.544. The van der Waals surface area contributed by atoms with Gasteiger partial charge in [-0.2, -0.15) is 0 Å². The smallest absolute Gasteiger partial charge is 0.411 e. The third-order valence-electron chi connectivity index (χ3n) is 3.63. The van der Waals surface area contributed by atoms with Gasteiger partial charge < -0.3 is 13.9 Å². The van der Waals surface area contributed by atoms with E-state index in [0.29, 0.717) is 22.2 Å². The van der Waals surface area contributed by atoms with E-state index in [1.807, 2.05) is 0 Å². The number of ether oxygens (including phenoxy) is 2. The maximum Gasteiger partial charge on any atom is 0.411 e. The molecule has 0 unspecified atom stereocenters. The Balaban J connectivity index is 1.82. The fraction of sp³-hybridized carbons (Fsp3) is 0.158. The summed E-state index contributed by atoms with van der Waals surface area (Å²) in [5.41, 5.74) is 0.928. The minimum absolute atomic E-state index is 0.103. The number of amides is 1. The predicted octanol–water partition coefficient (Wildman–Crippen LogP) is 3.11. The van der Waals surface area contributed by atoms with Crippen molar-refractivity contribution in [3.05, 3.63) is 70.3 Å². The van der Waals surface area contributed by atoms with E-state index < -0.39 is 17.7 Å². The Morgan fingerprint density at radius 2 is 1.89 bits per heavy atom. The Labute approximate surface area is 153 Å². The highest BCUT2D eigenvalue weighted by atomic mass is 16.5. The van der Waals surface area contributed by atoms with Gasteiger partial charge in [-0.05, 0) is 31.2 Å². The highest BCUT2D eigenvalue weighted by Crippen LogP contribution is 2.22. The number of nitrogens with one attached hydrogen (secondary N) is 1. The lowest BCUT2D eigenvalue weighted by molar-refractivity contribution is 0.0473. The van der Waals surface area contributed by atoms with Crippen LogP contribution in [0.15, 0.2) is 58.0 Å². The number of carbonyl (C=O) groups is 2. The van der Waals surface area contributed by atoms with E-state index in [1.165, 1.54) is 36.7 Å². The van der Waals surface area contributed by atoms with Crippen LogP contribution in [0.2, 0.25) is 0 Å². The first-order valence-electron chi connectivity index (χ1n) is 8.14. The molecule has 8 nitrogen and oxygen atoms in total. The van der Waals surface area contributed by atoms with Crippen LogP contribution in [0.25, 0.3) is 11.0 Å². The van der Waals surface area contributed by atoms with Gasteiger partial charge in [-0.25, -0.2) is 14.4 Å². The first-order valence-corrected chi connectivity index (χ1v) is 8.14. The van der Waals surface area contributed by atoms with Crippen molar-refractivity contribution in [2.24, 2.45) is 0 Å². The number of hydrogen-bond acceptors (Lipinski definition) is 7. The second kappa shape index (κ2) is 8.13. The van der Waals surface area contributed by atoms with Crippen LogP contribution in [0.4, 0.5) is 10.5 Å². The Hall–Kier alpha value is -3.68. The molecule has 0 saturated carbocycles. The fourth-order valence-electron chi connectivity index (χ4n) is 2.43. The van der Waals surface area contributed by atoms with Gasteiger partial charge in [0.1, 0.15) is 12.2 Å². The Kier molecular flexibility index (Phi) is 5.46. The van der Waals surface area contributed by atoms with Crippen LogP contribution >= 0.6 is 0 Å². The lowest BCUT2D eigenvalue weighted by Crippen LogP contribution is -2.13. The summed E-state index contributed by atoms with van der Waals surface area (Å²) in [7, 11) is 0. The zero-order chi connectivity index (χ0) is 19.2. The minimum Gasteiger partial charge on any atom is -0.457 e. The van der Waals surface area contributed by atoms with Crippen LogP contribution in [0, 0.1) is 0 Å². The molecule has 0 aliphatic rings. The summed E-state index contributed by atoms with van der Waals surface area (Å²) in [4.78, 5) is 39.2. The molecular weight excluding hydrogens is 352 g/mol. The number of carbonyl (C=O) groups excluding carboxylic acids is 2. The zero-order valence-electron chi connectivity index (χ0n) is 14.4. The normalized spacial score (nSPS) is 10.4. The number of pyridine rings is 1. The lowest BCUT2D eigenvalue weighted by Gasteiger charge is -2.09. The van der Waals surface area contributed by atoms with Crippen LogP contribution in [0.3, 0.4) is 0 Å². The van der Waals surface area contributed by atoms with Crippen LogP contribution in [-0.2, 0) is 16.1 Å². The van der Waals surface area contributed by atoms with Crippen molar-refractivity contribution in [2.75, 3.05) is 11.9 Å². The summed E-state index contributed by atoms with van der Waals surface area (Å²) < 4.78 is 15.3. The van der Waals surface area contributed by atoms with Gasteiger partial charge in [0, 0.05) is 41.2 Å². The Bertz CT molecular complexity index is 1030. The Morgan fingerprint density at radius 3 is 2.63 bits per heavy atom. The van der Waals surface area contributed by atoms with Gasteiger partial charge in [-0.3, -0.25) is 10.3 Å². The molecule has 0 aliphatic carbocycles. The van der Waals surface area contributed by atoms with Crippen LogP contribution in [0.5, 0.6) is 0 Å². The van der Waals surface area contributed by atoms with E-state index in [4.69, 9.17) is 13.9 Å². The van der Waals surface area contributed by atoms with Crippen molar-refractivity contribution in [1.82, 2.24) is 4.98 Å². The number of aromatic nitrogens is 1. The SMILES string of the molecule is CCOC(=O)Nc1ccc2c(COC(=O)c3ccncc3)cc(=O)oc2c1. The first kappa shape index (κ1) is 18.1. The second-order valence-corrected chi connectivity index (χ2v) is 5.46. The average Bonchev–Trinajstić information content (AvgIpc) is 2.66. The molecule has 1 N–H and O–H groups in total. The molecule has 8 heteroatoms. The number of benzene rings is 1. The van der Waals surface area contributed by atoms with E-state index in [2.05, 4.69) is 10.3 Å². The summed E-state index contributed by atoms with van der Waals surface area (Å²) >= 11 is 0. The van der Waals surface area contributed by atoms with Gasteiger partial charge in [0.15, 0.2) is 0 Å². The summed E-state index contributed by atoms with van der Waals surface area (Å²) in [6.07, 6.45) is 2.37. The number of fused-ring (bicyclic) bond motifs is 1. The van der Waals surface area contributed by atoms with Crippen molar-refractivity contribution in [1.29, 1.82) is 0 Å². The molecule has 0 atom stereocenters. The van der Waals surface area contributed by atoms with Crippen molar-refractivity contribution in [3.8, 4) is 0 Å². The molecule has 0 spiro atoms. The molecule has 1 amide bonds. The largest absolute Gasteiger partial charge is 0.457 e. The summed E-state index contributed by atoms with van der Waals surface area (Å²) in [6.45, 7) is 1.83. The molecule has 27 heavy (non-hydrogen) atoms. The number of nitrogens with zero attached hydrogens (tertiary/aromatic N) is 1. The predicted molar refractivity (Wildman–Crippen MR) is 96.5 cm³/mol. The molecule has 3 aromatic rings. The van der Waals surface area contributed by atoms with E-state index >= 15 is 0 Å². The molecule has 2 heterocycles. The molecule has 138 valence electrons. The number of esters is 1. The highest BCUT2D eigenvalue weighted by molar-refractivity contribution is 5.91. The molecule has 0 fully saturated rings. The number of hydrogen-bond donors (Lipinski definition) is 1. The average molecular weight is 368 g/mol. The van der Waals surface area contributed by atoms with Crippen LogP contribution in [0.1, 0.15) is 22.8 Å². The standard InChI is InChI=1S/C19H16N2O6/c1-2-25-19(24)21-14-3-4-15-13(9-17(22)27-16(15)10-14)11-26-18(23)12-5-7-20-8-6-12/h3-10H,2,11H2,1H3,(H,21,24). The summed E-state index contributed by atoms with van der Waals surface area (Å²) in [5, 5.41) is 3.12. The molecule has 3 rings (SSSR count). The van der Waals surface area contributed by atoms with Crippen LogP contribution in [-0.4, -0.2) is 23.7 Å². The van der Waals surface area contributed by atoms with E-state index in [9.17, 15) is 14.4 Å². The maximum atomic E-state index is 12.1. The van der Waals surface area contributed by atoms with Crippen LogP contribution < -0.4 is 10.9 Å². The van der Waals surface area contributed by atoms with Gasteiger partial charge in [0.25, 0.3) is 0 Å². The summed E-state index contributed by atoms with van der Waals surface area (Å²) in [6, 6.07) is 9.13. The van der Waals surface area contributed by atoms with Crippen molar-refractivity contribution in [2.45, 2.75) is 13.5 Å². The zero-order valence-corrected chi connectivity index (χ0v) is 14.4. The molecule has 2 aromatic heterocycles. The monoisotopic (exact) mass is 368 g/mol. The van der Waals surface area contributed by atoms with Gasteiger partial charge in [-0.1, -0.05) is 0 Å². The van der Waals surface area contributed by atoms with Gasteiger partial charge in [-0.15, -0.1) is 0 Å². The van der Waals surface area contributed by atoms with E-state index in [-0.39, 0.29) is 18.8 Å². The fourth-order valence-corrected chi connectivity index (χ4v) is 2.43. The topological polar surface area (TPSA) is 108 Å². The van der Waals surface area contributed by atoms with Crippen molar-refractivity contribution < 1.29 is 23.5 Å². The van der Waals surface area contributed by atoms with Gasteiger partial charge >= 0.3 is 17.7 Å². The maximum absolute atomic E-state index is 12.1. The third-order valence-corrected chi connectivity index (χ3v) is 3.63. The molecule has 0 bridgehead atoms. The molecule has 0 saturated heterocycles. The minimum atomic E-state index is -0.610. The molecule has 1 aromatic carbocycles. The highest BCUT2D eigenvalue weighted by Gasteiger charge is 2.12.